The first-order chi connectivity index (χ1) is 2.81. The summed E-state index contributed by atoms with van der Waals surface area (Å²) >= 11 is 0. The molecule has 0 aliphatic carbocycles. The van der Waals surface area contributed by atoms with Gasteiger partial charge >= 0.3 is 0 Å². The van der Waals surface area contributed by atoms with Crippen molar-refractivity contribution < 1.29 is 9.90 Å². The molecule has 2 nitrogen and oxygen atoms in total. The van der Waals surface area contributed by atoms with Crippen LogP contribution in [0.2, 0.25) is 0 Å². The van der Waals surface area contributed by atoms with E-state index in [4.69, 9.17) is 5.11 Å². The van der Waals surface area contributed by atoms with E-state index < -0.39 is 0 Å². The Morgan fingerprint density at radius 2 is 2.50 bits per heavy atom. The molecule has 0 spiro atoms. The summed E-state index contributed by atoms with van der Waals surface area (Å²) < 4.78 is 0. The van der Waals surface area contributed by atoms with E-state index in [9.17, 15) is 4.79 Å². The Kier molecular flexibility index (Phi) is 2.17. The Morgan fingerprint density at radius 3 is 2.50 bits per heavy atom. The smallest absolute Gasteiger partial charge is 0.176 e. The molecular weight excluding hydrogens is 80.0 g/mol. The Morgan fingerprint density at radius 1 is 2.00 bits per heavy atom. The van der Waals surface area contributed by atoms with E-state index in [1.54, 1.807) is 6.92 Å². The van der Waals surface area contributed by atoms with Crippen molar-refractivity contribution in [3.8, 4) is 0 Å². The van der Waals surface area contributed by atoms with Crippen LogP contribution in [0.15, 0.2) is 5.76 Å². The van der Waals surface area contributed by atoms with Gasteiger partial charge in [0.25, 0.3) is 0 Å². The van der Waals surface area contributed by atoms with Crippen LogP contribution < -0.4 is 0 Å². The van der Waals surface area contributed by atoms with Crippen LogP contribution in [-0.2, 0) is 4.79 Å². The van der Waals surface area contributed by atoms with Crippen molar-refractivity contribution in [3.05, 3.63) is 5.76 Å². The number of hydrogen-bond donors (Lipinski definition) is 1. The van der Waals surface area contributed by atoms with E-state index in [2.05, 4.69) is 0 Å². The Balaban J connectivity index is 3.52. The highest BCUT2D eigenvalue weighted by molar-refractivity contribution is 5.48. The highest BCUT2D eigenvalue weighted by Gasteiger charge is 1.79. The molecule has 0 saturated heterocycles. The molecule has 0 unspecified atom stereocenters. The third-order valence-electron chi connectivity index (χ3n) is 0.453. The van der Waals surface area contributed by atoms with Gasteiger partial charge < -0.3 is 5.11 Å². The van der Waals surface area contributed by atoms with Gasteiger partial charge in [0.2, 0.25) is 0 Å². The zero-order valence-corrected chi connectivity index (χ0v) is 3.56. The number of aliphatic hydroxyl groups is 1. The second-order valence-electron chi connectivity index (χ2n) is 0.902. The topological polar surface area (TPSA) is 37.3 Å². The van der Waals surface area contributed by atoms with Crippen molar-refractivity contribution in [1.29, 1.82) is 0 Å². The standard InChI is InChI=1S/C4H6O2/c1-2-4(6)3-5/h6H,2H2,1H3. The maximum atomic E-state index is 9.32. The predicted octanol–water partition coefficient (Wildman–Crippen LogP) is 0.670. The summed E-state index contributed by atoms with van der Waals surface area (Å²) in [7, 11) is 0. The van der Waals surface area contributed by atoms with E-state index in [0.29, 0.717) is 6.42 Å². The molecule has 0 aliphatic rings. The number of hydrogen-bond acceptors (Lipinski definition) is 2. The fourth-order valence-corrected chi connectivity index (χ4v) is 0.0722. The molecule has 0 aliphatic heterocycles. The van der Waals surface area contributed by atoms with Crippen LogP contribution in [0.5, 0.6) is 0 Å². The maximum Gasteiger partial charge on any atom is 0.176 e. The molecule has 0 aromatic heterocycles. The fourth-order valence-electron chi connectivity index (χ4n) is 0.0722. The lowest BCUT2D eigenvalue weighted by Crippen LogP contribution is -1.73. The fraction of sp³-hybridized carbons (Fsp3) is 0.500. The number of carbonyl (C=O) groups excluding carboxylic acids is 1. The summed E-state index contributed by atoms with van der Waals surface area (Å²) in [6.07, 6.45) is 0.378. The highest BCUT2D eigenvalue weighted by atomic mass is 16.3. The van der Waals surface area contributed by atoms with Gasteiger partial charge in [-0.15, -0.1) is 0 Å². The molecule has 0 rings (SSSR count). The van der Waals surface area contributed by atoms with Crippen LogP contribution in [0.4, 0.5) is 0 Å². The lowest BCUT2D eigenvalue weighted by molar-refractivity contribution is 0.395. The molecular formula is C4H6O2. The molecule has 2 heteroatoms. The summed E-state index contributed by atoms with van der Waals surface area (Å²) in [4.78, 5) is 9.32. The van der Waals surface area contributed by atoms with Crippen LogP contribution >= 0.6 is 0 Å². The van der Waals surface area contributed by atoms with Gasteiger partial charge in [0.1, 0.15) is 0 Å². The van der Waals surface area contributed by atoms with Crippen molar-refractivity contribution in [2.24, 2.45) is 0 Å². The Labute approximate surface area is 36.1 Å². The summed E-state index contributed by atoms with van der Waals surface area (Å²) in [5.41, 5.74) is 0. The summed E-state index contributed by atoms with van der Waals surface area (Å²) in [6, 6.07) is 0. The van der Waals surface area contributed by atoms with Gasteiger partial charge in [0.15, 0.2) is 11.7 Å². The van der Waals surface area contributed by atoms with Gasteiger partial charge in [-0.25, -0.2) is 4.79 Å². The first kappa shape index (κ1) is 5.25. The molecule has 0 aromatic carbocycles. The second-order valence-corrected chi connectivity index (χ2v) is 0.902. The minimum absolute atomic E-state index is 0.213. The van der Waals surface area contributed by atoms with Crippen molar-refractivity contribution in [2.45, 2.75) is 13.3 Å². The van der Waals surface area contributed by atoms with E-state index >= 15 is 0 Å². The van der Waals surface area contributed by atoms with Gasteiger partial charge in [-0.3, -0.25) is 0 Å². The third-order valence-corrected chi connectivity index (χ3v) is 0.453. The Bertz CT molecular complexity index is 79.5. The molecule has 6 heavy (non-hydrogen) atoms. The van der Waals surface area contributed by atoms with Crippen molar-refractivity contribution in [3.63, 3.8) is 0 Å². The molecule has 0 bridgehead atoms. The van der Waals surface area contributed by atoms with Gasteiger partial charge in [0.05, 0.1) is 0 Å². The van der Waals surface area contributed by atoms with Gasteiger partial charge in [0, 0.05) is 6.42 Å². The monoisotopic (exact) mass is 86.0 g/mol. The second kappa shape index (κ2) is 2.49. The summed E-state index contributed by atoms with van der Waals surface area (Å²) in [5, 5.41) is 8.16. The molecule has 34 valence electrons. The molecule has 0 heterocycles. The molecule has 0 atom stereocenters. The van der Waals surface area contributed by atoms with Crippen LogP contribution in [0.25, 0.3) is 0 Å². The van der Waals surface area contributed by atoms with Crippen molar-refractivity contribution in [2.75, 3.05) is 0 Å². The predicted molar refractivity (Wildman–Crippen MR) is 22.1 cm³/mol. The molecule has 0 amide bonds. The minimum Gasteiger partial charge on any atom is -0.502 e. The van der Waals surface area contributed by atoms with E-state index in [0.717, 1.165) is 0 Å². The summed E-state index contributed by atoms with van der Waals surface area (Å²) in [5.74, 6) is 1.12. The van der Waals surface area contributed by atoms with Crippen LogP contribution in [0.3, 0.4) is 0 Å². The number of aliphatic hydroxyl groups excluding tert-OH is 1. The van der Waals surface area contributed by atoms with Crippen LogP contribution in [0.1, 0.15) is 13.3 Å². The molecule has 0 radical (unpaired) electrons. The summed E-state index contributed by atoms with van der Waals surface area (Å²) in [6.45, 7) is 1.68. The van der Waals surface area contributed by atoms with Crippen LogP contribution in [-0.4, -0.2) is 11.0 Å². The quantitative estimate of drug-likeness (QED) is 0.376. The number of rotatable bonds is 1. The van der Waals surface area contributed by atoms with Crippen molar-refractivity contribution >= 4 is 5.94 Å². The van der Waals surface area contributed by atoms with Gasteiger partial charge in [-0.1, -0.05) is 6.92 Å². The van der Waals surface area contributed by atoms with Crippen LogP contribution in [0, 0.1) is 0 Å². The zero-order chi connectivity index (χ0) is 4.99. The number of allylic oxidation sites excluding steroid dienone is 1. The van der Waals surface area contributed by atoms with E-state index in [-0.39, 0.29) is 5.76 Å². The largest absolute Gasteiger partial charge is 0.502 e. The normalized spacial score (nSPS) is 6.83. The Hall–Kier alpha value is -0.750. The average molecular weight is 86.1 g/mol. The lowest BCUT2D eigenvalue weighted by atomic mass is 10.4. The molecule has 0 saturated carbocycles. The minimum atomic E-state index is -0.213. The zero-order valence-electron chi connectivity index (χ0n) is 3.56. The first-order valence-electron chi connectivity index (χ1n) is 1.74. The molecule has 0 fully saturated rings. The molecule has 1 N–H and O–H groups in total. The SMILES string of the molecule is CCC(O)=C=O. The van der Waals surface area contributed by atoms with Gasteiger partial charge in [-0.2, -0.15) is 0 Å². The maximum absolute atomic E-state index is 9.32. The third kappa shape index (κ3) is 1.56. The first-order valence-corrected chi connectivity index (χ1v) is 1.74. The highest BCUT2D eigenvalue weighted by Crippen LogP contribution is 1.82. The molecule has 0 aromatic rings. The van der Waals surface area contributed by atoms with Gasteiger partial charge in [-0.05, 0) is 0 Å². The van der Waals surface area contributed by atoms with E-state index in [1.165, 1.54) is 5.94 Å². The van der Waals surface area contributed by atoms with Crippen molar-refractivity contribution in [1.82, 2.24) is 0 Å². The lowest BCUT2D eigenvalue weighted by Gasteiger charge is -1.76. The van der Waals surface area contributed by atoms with E-state index in [1.807, 2.05) is 0 Å². The average Bonchev–Trinajstić information content (AvgIpc) is 1.65.